The molecule has 2 atom stereocenters. The number of piperidine rings is 1. The Morgan fingerprint density at radius 1 is 1.33 bits per heavy atom. The largest absolute Gasteiger partial charge is 0.317 e. The molecule has 0 radical (unpaired) electrons. The van der Waals surface area contributed by atoms with Gasteiger partial charge in [-0.1, -0.05) is 6.07 Å². The highest BCUT2D eigenvalue weighted by Crippen LogP contribution is 2.35. The van der Waals surface area contributed by atoms with Crippen molar-refractivity contribution in [3.63, 3.8) is 0 Å². The van der Waals surface area contributed by atoms with Gasteiger partial charge >= 0.3 is 0 Å². The third kappa shape index (κ3) is 2.43. The first-order valence-corrected chi connectivity index (χ1v) is 7.18. The molecule has 0 amide bonds. The van der Waals surface area contributed by atoms with Gasteiger partial charge in [-0.15, -0.1) is 0 Å². The third-order valence-electron chi connectivity index (χ3n) is 4.67. The second-order valence-corrected chi connectivity index (χ2v) is 5.69. The molecule has 3 heterocycles. The van der Waals surface area contributed by atoms with Gasteiger partial charge in [0.15, 0.2) is 0 Å². The summed E-state index contributed by atoms with van der Waals surface area (Å²) >= 11 is 0. The van der Waals surface area contributed by atoms with Gasteiger partial charge in [0.05, 0.1) is 0 Å². The van der Waals surface area contributed by atoms with E-state index < -0.39 is 0 Å². The van der Waals surface area contributed by atoms with E-state index in [-0.39, 0.29) is 0 Å². The quantitative estimate of drug-likeness (QED) is 0.877. The molecule has 3 rings (SSSR count). The Balaban J connectivity index is 1.58. The van der Waals surface area contributed by atoms with E-state index in [1.165, 1.54) is 37.8 Å². The van der Waals surface area contributed by atoms with Crippen LogP contribution in [-0.4, -0.2) is 41.6 Å². The zero-order chi connectivity index (χ0) is 12.4. The molecule has 2 saturated heterocycles. The lowest BCUT2D eigenvalue weighted by molar-refractivity contribution is 0.121. The summed E-state index contributed by atoms with van der Waals surface area (Å²) in [5.41, 5.74) is 1.37. The molecule has 0 aliphatic carbocycles. The standard InChI is InChI=1S/C15H23N3/c1-16-13-9-14-4-5-15(10-13)18(14)8-6-12-3-2-7-17-11-12/h2-3,7,11,13-16H,4-6,8-10H2,1H3. The predicted molar refractivity (Wildman–Crippen MR) is 73.5 cm³/mol. The minimum Gasteiger partial charge on any atom is -0.317 e. The lowest BCUT2D eigenvalue weighted by atomic mass is 9.97. The first-order chi connectivity index (χ1) is 8.86. The fourth-order valence-electron chi connectivity index (χ4n) is 3.68. The summed E-state index contributed by atoms with van der Waals surface area (Å²) in [6, 6.07) is 6.61. The van der Waals surface area contributed by atoms with Crippen molar-refractivity contribution in [2.24, 2.45) is 0 Å². The average Bonchev–Trinajstić information content (AvgIpc) is 2.66. The molecule has 2 fully saturated rings. The Hall–Kier alpha value is -0.930. The zero-order valence-electron chi connectivity index (χ0n) is 11.2. The van der Waals surface area contributed by atoms with E-state index in [0.29, 0.717) is 0 Å². The van der Waals surface area contributed by atoms with Crippen LogP contribution in [0.3, 0.4) is 0 Å². The molecular weight excluding hydrogens is 222 g/mol. The van der Waals surface area contributed by atoms with E-state index in [9.17, 15) is 0 Å². The SMILES string of the molecule is CNC1CC2CCC(C1)N2CCc1cccnc1. The lowest BCUT2D eigenvalue weighted by Gasteiger charge is -2.39. The molecule has 3 heteroatoms. The molecule has 0 aromatic carbocycles. The third-order valence-corrected chi connectivity index (χ3v) is 4.67. The Kier molecular flexibility index (Phi) is 3.62. The predicted octanol–water partition coefficient (Wildman–Crippen LogP) is 1.84. The van der Waals surface area contributed by atoms with E-state index in [2.05, 4.69) is 28.3 Å². The summed E-state index contributed by atoms with van der Waals surface area (Å²) in [6.07, 6.45) is 10.5. The Bertz CT molecular complexity index is 365. The van der Waals surface area contributed by atoms with Gasteiger partial charge in [-0.25, -0.2) is 0 Å². The normalized spacial score (nSPS) is 31.7. The van der Waals surface area contributed by atoms with Crippen LogP contribution in [0.2, 0.25) is 0 Å². The van der Waals surface area contributed by atoms with Crippen LogP contribution in [0, 0.1) is 0 Å². The van der Waals surface area contributed by atoms with Gasteiger partial charge in [-0.3, -0.25) is 9.88 Å². The highest BCUT2D eigenvalue weighted by molar-refractivity contribution is 5.09. The molecule has 18 heavy (non-hydrogen) atoms. The van der Waals surface area contributed by atoms with Crippen molar-refractivity contribution in [3.8, 4) is 0 Å². The topological polar surface area (TPSA) is 28.2 Å². The number of aromatic nitrogens is 1. The van der Waals surface area contributed by atoms with Crippen molar-refractivity contribution in [1.82, 2.24) is 15.2 Å². The molecule has 3 nitrogen and oxygen atoms in total. The van der Waals surface area contributed by atoms with Crippen LogP contribution in [0.5, 0.6) is 0 Å². The second kappa shape index (κ2) is 5.37. The van der Waals surface area contributed by atoms with Crippen LogP contribution in [-0.2, 0) is 6.42 Å². The van der Waals surface area contributed by atoms with E-state index in [0.717, 1.165) is 24.5 Å². The van der Waals surface area contributed by atoms with Gasteiger partial charge in [0.1, 0.15) is 0 Å². The fraction of sp³-hybridized carbons (Fsp3) is 0.667. The van der Waals surface area contributed by atoms with Gasteiger partial charge < -0.3 is 5.32 Å². The maximum Gasteiger partial charge on any atom is 0.0300 e. The second-order valence-electron chi connectivity index (χ2n) is 5.69. The number of fused-ring (bicyclic) bond motifs is 2. The van der Waals surface area contributed by atoms with Gasteiger partial charge in [0.25, 0.3) is 0 Å². The molecule has 1 aromatic rings. The molecule has 1 aromatic heterocycles. The minimum absolute atomic E-state index is 0.747. The first-order valence-electron chi connectivity index (χ1n) is 7.18. The van der Waals surface area contributed by atoms with Gasteiger partial charge in [0.2, 0.25) is 0 Å². The van der Waals surface area contributed by atoms with Crippen LogP contribution in [0.15, 0.2) is 24.5 Å². The van der Waals surface area contributed by atoms with Gasteiger partial charge in [-0.2, -0.15) is 0 Å². The summed E-state index contributed by atoms with van der Waals surface area (Å²) in [6.45, 7) is 1.21. The van der Waals surface area contributed by atoms with Crippen molar-refractivity contribution in [3.05, 3.63) is 30.1 Å². The van der Waals surface area contributed by atoms with Gasteiger partial charge in [-0.05, 0) is 50.8 Å². The molecular formula is C15H23N3. The summed E-state index contributed by atoms with van der Waals surface area (Å²) in [5.74, 6) is 0. The number of nitrogens with zero attached hydrogens (tertiary/aromatic N) is 2. The maximum absolute atomic E-state index is 4.20. The van der Waals surface area contributed by atoms with Crippen LogP contribution in [0.25, 0.3) is 0 Å². The van der Waals surface area contributed by atoms with Crippen molar-refractivity contribution in [1.29, 1.82) is 0 Å². The molecule has 98 valence electrons. The molecule has 1 N–H and O–H groups in total. The Morgan fingerprint density at radius 3 is 2.72 bits per heavy atom. The van der Waals surface area contributed by atoms with Crippen LogP contribution < -0.4 is 5.32 Å². The monoisotopic (exact) mass is 245 g/mol. The molecule has 0 saturated carbocycles. The van der Waals surface area contributed by atoms with Crippen molar-refractivity contribution in [2.45, 2.75) is 50.2 Å². The number of nitrogens with one attached hydrogen (secondary N) is 1. The Morgan fingerprint density at radius 2 is 2.11 bits per heavy atom. The summed E-state index contributed by atoms with van der Waals surface area (Å²) < 4.78 is 0. The van der Waals surface area contributed by atoms with Crippen LogP contribution in [0.4, 0.5) is 0 Å². The molecule has 2 aliphatic heterocycles. The smallest absolute Gasteiger partial charge is 0.0300 e. The Labute approximate surface area is 110 Å². The summed E-state index contributed by atoms with van der Waals surface area (Å²) in [7, 11) is 2.11. The average molecular weight is 245 g/mol. The highest BCUT2D eigenvalue weighted by atomic mass is 15.2. The number of rotatable bonds is 4. The highest BCUT2D eigenvalue weighted by Gasteiger charge is 2.39. The summed E-state index contributed by atoms with van der Waals surface area (Å²) in [5, 5.41) is 3.46. The molecule has 0 spiro atoms. The van der Waals surface area contributed by atoms with Crippen LogP contribution in [0.1, 0.15) is 31.2 Å². The van der Waals surface area contributed by atoms with Crippen molar-refractivity contribution >= 4 is 0 Å². The van der Waals surface area contributed by atoms with Crippen LogP contribution >= 0.6 is 0 Å². The van der Waals surface area contributed by atoms with Crippen molar-refractivity contribution in [2.75, 3.05) is 13.6 Å². The molecule has 2 unspecified atom stereocenters. The molecule has 2 bridgehead atoms. The molecule has 2 aliphatic rings. The van der Waals surface area contributed by atoms with E-state index in [4.69, 9.17) is 0 Å². The summed E-state index contributed by atoms with van der Waals surface area (Å²) in [4.78, 5) is 6.95. The number of pyridine rings is 1. The fourth-order valence-corrected chi connectivity index (χ4v) is 3.68. The number of hydrogen-bond donors (Lipinski definition) is 1. The van der Waals surface area contributed by atoms with Crippen molar-refractivity contribution < 1.29 is 0 Å². The van der Waals surface area contributed by atoms with E-state index >= 15 is 0 Å². The maximum atomic E-state index is 4.20. The van der Waals surface area contributed by atoms with Gasteiger partial charge in [0, 0.05) is 37.1 Å². The first kappa shape index (κ1) is 12.1. The van der Waals surface area contributed by atoms with E-state index in [1.807, 2.05) is 18.5 Å². The zero-order valence-corrected chi connectivity index (χ0v) is 11.2. The minimum atomic E-state index is 0.747. The number of hydrogen-bond acceptors (Lipinski definition) is 3. The lowest BCUT2D eigenvalue weighted by Crippen LogP contribution is -2.48. The van der Waals surface area contributed by atoms with E-state index in [1.54, 1.807) is 0 Å².